The molecule has 0 aliphatic heterocycles. The van der Waals surface area contributed by atoms with Crippen molar-refractivity contribution in [2.24, 2.45) is 0 Å². The number of carbonyl (C=O) groups excluding carboxylic acids is 1. The lowest BCUT2D eigenvalue weighted by molar-refractivity contribution is -0.111. The summed E-state index contributed by atoms with van der Waals surface area (Å²) in [6, 6.07) is 11.8. The maximum absolute atomic E-state index is 12.0. The molecule has 1 heterocycles. The Morgan fingerprint density at radius 2 is 2.10 bits per heavy atom. The van der Waals surface area contributed by atoms with E-state index in [9.17, 15) is 10.1 Å². The molecule has 1 aromatic carbocycles. The van der Waals surface area contributed by atoms with Crippen LogP contribution in [0.5, 0.6) is 0 Å². The van der Waals surface area contributed by atoms with Gasteiger partial charge in [0.1, 0.15) is 11.1 Å². The second-order valence-corrected chi connectivity index (χ2v) is 5.76. The normalized spacial score (nSPS) is 10.5. The van der Waals surface area contributed by atoms with Crippen molar-refractivity contribution in [3.05, 3.63) is 58.0 Å². The van der Waals surface area contributed by atoms with Crippen LogP contribution in [0.25, 0.3) is 6.08 Å². The molecule has 3 nitrogen and oxygen atoms in total. The van der Waals surface area contributed by atoms with Crippen LogP contribution in [-0.4, -0.2) is 5.91 Å². The monoisotopic (exact) mass is 296 g/mol. The van der Waals surface area contributed by atoms with Gasteiger partial charge >= 0.3 is 0 Å². The predicted octanol–water partition coefficient (Wildman–Crippen LogP) is 4.14. The Labute approximate surface area is 128 Å². The van der Waals surface area contributed by atoms with Crippen molar-refractivity contribution in [3.8, 4) is 6.07 Å². The van der Waals surface area contributed by atoms with E-state index in [2.05, 4.69) is 11.4 Å². The van der Waals surface area contributed by atoms with Crippen LogP contribution < -0.4 is 5.32 Å². The number of anilines is 1. The largest absolute Gasteiger partial charge is 0.313 e. The molecule has 1 aromatic heterocycles. The van der Waals surface area contributed by atoms with E-state index in [1.807, 2.05) is 44.2 Å². The Morgan fingerprint density at radius 3 is 2.71 bits per heavy atom. The quantitative estimate of drug-likeness (QED) is 0.862. The first kappa shape index (κ1) is 15.0. The van der Waals surface area contributed by atoms with Gasteiger partial charge in [0.2, 0.25) is 5.91 Å². The number of thiophene rings is 1. The number of amides is 1. The third kappa shape index (κ3) is 3.59. The average molecular weight is 296 g/mol. The van der Waals surface area contributed by atoms with E-state index in [0.29, 0.717) is 10.6 Å². The van der Waals surface area contributed by atoms with Crippen molar-refractivity contribution < 1.29 is 4.79 Å². The Hall–Kier alpha value is -2.38. The molecule has 0 saturated heterocycles. The van der Waals surface area contributed by atoms with Gasteiger partial charge in [-0.05, 0) is 30.5 Å². The number of nitriles is 1. The van der Waals surface area contributed by atoms with Crippen LogP contribution in [-0.2, 0) is 11.2 Å². The topological polar surface area (TPSA) is 52.9 Å². The van der Waals surface area contributed by atoms with Crippen molar-refractivity contribution in [2.75, 3.05) is 5.32 Å². The van der Waals surface area contributed by atoms with Crippen LogP contribution in [0.1, 0.15) is 28.5 Å². The average Bonchev–Trinajstić information content (AvgIpc) is 2.80. The van der Waals surface area contributed by atoms with Crippen molar-refractivity contribution >= 4 is 28.3 Å². The Morgan fingerprint density at radius 1 is 1.38 bits per heavy atom. The SMILES string of the molecule is CCc1c(C)sc(NC(=O)/C=C/c2ccccc2)c1C#N. The molecule has 2 rings (SSSR count). The number of hydrogen-bond acceptors (Lipinski definition) is 3. The highest BCUT2D eigenvalue weighted by molar-refractivity contribution is 7.16. The van der Waals surface area contributed by atoms with Gasteiger partial charge in [0.25, 0.3) is 0 Å². The maximum atomic E-state index is 12.0. The van der Waals surface area contributed by atoms with E-state index in [1.165, 1.54) is 17.4 Å². The molecule has 0 aliphatic rings. The van der Waals surface area contributed by atoms with Crippen LogP contribution in [0.4, 0.5) is 5.00 Å². The summed E-state index contributed by atoms with van der Waals surface area (Å²) in [5, 5.41) is 12.7. The van der Waals surface area contributed by atoms with E-state index in [4.69, 9.17) is 0 Å². The van der Waals surface area contributed by atoms with Gasteiger partial charge in [0.05, 0.1) is 5.56 Å². The number of carbonyl (C=O) groups is 1. The highest BCUT2D eigenvalue weighted by Gasteiger charge is 2.15. The number of nitrogens with one attached hydrogen (secondary N) is 1. The molecule has 0 bridgehead atoms. The Balaban J connectivity index is 2.14. The summed E-state index contributed by atoms with van der Waals surface area (Å²) < 4.78 is 0. The zero-order chi connectivity index (χ0) is 15.2. The van der Waals surface area contributed by atoms with Crippen molar-refractivity contribution in [2.45, 2.75) is 20.3 Å². The van der Waals surface area contributed by atoms with Crippen LogP contribution in [0, 0.1) is 18.3 Å². The number of rotatable bonds is 4. The first-order valence-corrected chi connectivity index (χ1v) is 7.53. The smallest absolute Gasteiger partial charge is 0.249 e. The van der Waals surface area contributed by atoms with Crippen LogP contribution >= 0.6 is 11.3 Å². The first-order valence-electron chi connectivity index (χ1n) is 6.72. The highest BCUT2D eigenvalue weighted by Crippen LogP contribution is 2.32. The van der Waals surface area contributed by atoms with Gasteiger partial charge in [-0.25, -0.2) is 0 Å². The molecule has 21 heavy (non-hydrogen) atoms. The molecule has 0 saturated carbocycles. The third-order valence-corrected chi connectivity index (χ3v) is 4.20. The summed E-state index contributed by atoms with van der Waals surface area (Å²) in [4.78, 5) is 13.0. The molecule has 0 radical (unpaired) electrons. The molecule has 1 amide bonds. The second-order valence-electron chi connectivity index (χ2n) is 4.54. The lowest BCUT2D eigenvalue weighted by atomic mass is 10.1. The van der Waals surface area contributed by atoms with Crippen LogP contribution in [0.3, 0.4) is 0 Å². The highest BCUT2D eigenvalue weighted by atomic mass is 32.1. The molecule has 1 N–H and O–H groups in total. The molecule has 2 aromatic rings. The van der Waals surface area contributed by atoms with Crippen molar-refractivity contribution in [3.63, 3.8) is 0 Å². The van der Waals surface area contributed by atoms with Crippen molar-refractivity contribution in [1.82, 2.24) is 0 Å². The maximum Gasteiger partial charge on any atom is 0.249 e. The minimum absolute atomic E-state index is 0.223. The fourth-order valence-corrected chi connectivity index (χ4v) is 3.20. The van der Waals surface area contributed by atoms with Gasteiger partial charge in [-0.15, -0.1) is 11.3 Å². The lowest BCUT2D eigenvalue weighted by Gasteiger charge is -1.99. The molecule has 0 aliphatic carbocycles. The second kappa shape index (κ2) is 6.87. The molecule has 0 unspecified atom stereocenters. The Kier molecular flexibility index (Phi) is 4.91. The summed E-state index contributed by atoms with van der Waals surface area (Å²) in [7, 11) is 0. The number of nitrogens with zero attached hydrogens (tertiary/aromatic N) is 1. The van der Waals surface area contributed by atoms with Gasteiger partial charge in [-0.3, -0.25) is 4.79 Å². The molecule has 0 fully saturated rings. The summed E-state index contributed by atoms with van der Waals surface area (Å²) >= 11 is 1.45. The van der Waals surface area contributed by atoms with Gasteiger partial charge < -0.3 is 5.32 Å². The molecule has 0 spiro atoms. The first-order chi connectivity index (χ1) is 10.2. The predicted molar refractivity (Wildman–Crippen MR) is 87.3 cm³/mol. The summed E-state index contributed by atoms with van der Waals surface area (Å²) in [5.41, 5.74) is 2.57. The molecular formula is C17H16N2OS. The minimum Gasteiger partial charge on any atom is -0.313 e. The van der Waals surface area contributed by atoms with Crippen LogP contribution in [0.2, 0.25) is 0 Å². The molecular weight excluding hydrogens is 280 g/mol. The zero-order valence-corrected chi connectivity index (χ0v) is 12.8. The fourth-order valence-electron chi connectivity index (χ4n) is 2.10. The number of benzene rings is 1. The van der Waals surface area contributed by atoms with Gasteiger partial charge in [-0.1, -0.05) is 37.3 Å². The van der Waals surface area contributed by atoms with E-state index in [0.717, 1.165) is 22.4 Å². The van der Waals surface area contributed by atoms with E-state index >= 15 is 0 Å². The van der Waals surface area contributed by atoms with Gasteiger partial charge in [0.15, 0.2) is 0 Å². The van der Waals surface area contributed by atoms with E-state index < -0.39 is 0 Å². The molecule has 106 valence electrons. The lowest BCUT2D eigenvalue weighted by Crippen LogP contribution is -2.07. The zero-order valence-electron chi connectivity index (χ0n) is 12.0. The Bertz CT molecular complexity index is 708. The minimum atomic E-state index is -0.223. The summed E-state index contributed by atoms with van der Waals surface area (Å²) in [6.07, 6.45) is 4.03. The molecule has 4 heteroatoms. The third-order valence-electron chi connectivity index (χ3n) is 3.14. The number of hydrogen-bond donors (Lipinski definition) is 1. The van der Waals surface area contributed by atoms with Crippen LogP contribution in [0.15, 0.2) is 36.4 Å². The summed E-state index contributed by atoms with van der Waals surface area (Å²) in [5.74, 6) is -0.223. The standard InChI is InChI=1S/C17H16N2OS/c1-3-14-12(2)21-17(15(14)11-18)19-16(20)10-9-13-7-5-4-6-8-13/h4-10H,3H2,1-2H3,(H,19,20)/b10-9+. The van der Waals surface area contributed by atoms with E-state index in [1.54, 1.807) is 6.08 Å². The summed E-state index contributed by atoms with van der Waals surface area (Å²) in [6.45, 7) is 3.98. The van der Waals surface area contributed by atoms with E-state index in [-0.39, 0.29) is 5.91 Å². The molecule has 0 atom stereocenters. The fraction of sp³-hybridized carbons (Fsp3) is 0.176. The van der Waals surface area contributed by atoms with Crippen molar-refractivity contribution in [1.29, 1.82) is 5.26 Å². The van der Waals surface area contributed by atoms with Gasteiger partial charge in [0, 0.05) is 11.0 Å². The number of aryl methyl sites for hydroxylation is 1. The van der Waals surface area contributed by atoms with Gasteiger partial charge in [-0.2, -0.15) is 5.26 Å².